The Labute approximate surface area is 109 Å². The molecule has 0 bridgehead atoms. The molecule has 19 heavy (non-hydrogen) atoms. The molecule has 1 aromatic heterocycles. The maximum atomic E-state index is 13.6. The summed E-state index contributed by atoms with van der Waals surface area (Å²) >= 11 is 0. The van der Waals surface area contributed by atoms with E-state index in [-0.39, 0.29) is 17.6 Å². The van der Waals surface area contributed by atoms with Gasteiger partial charge in [0.1, 0.15) is 11.8 Å². The van der Waals surface area contributed by atoms with Crippen molar-refractivity contribution in [3.8, 4) is 17.7 Å². The van der Waals surface area contributed by atoms with Crippen molar-refractivity contribution in [1.29, 1.82) is 5.26 Å². The number of halogens is 1. The summed E-state index contributed by atoms with van der Waals surface area (Å²) in [5, 5.41) is 11.8. The lowest BCUT2D eigenvalue weighted by Crippen LogP contribution is -2.04. The lowest BCUT2D eigenvalue weighted by Gasteiger charge is -2.08. The van der Waals surface area contributed by atoms with Crippen LogP contribution in [0.15, 0.2) is 30.5 Å². The van der Waals surface area contributed by atoms with Crippen LogP contribution in [0.1, 0.15) is 12.5 Å². The van der Waals surface area contributed by atoms with Crippen molar-refractivity contribution < 1.29 is 9.13 Å². The highest BCUT2D eigenvalue weighted by Crippen LogP contribution is 2.25. The first kappa shape index (κ1) is 12.8. The van der Waals surface area contributed by atoms with Gasteiger partial charge in [0, 0.05) is 6.54 Å². The number of para-hydroxylation sites is 1. The molecule has 0 atom stereocenters. The van der Waals surface area contributed by atoms with Crippen LogP contribution >= 0.6 is 0 Å². The molecule has 0 radical (unpaired) electrons. The van der Waals surface area contributed by atoms with Gasteiger partial charge in [-0.1, -0.05) is 12.1 Å². The highest BCUT2D eigenvalue weighted by molar-refractivity contribution is 5.44. The van der Waals surface area contributed by atoms with Crippen molar-refractivity contribution in [2.24, 2.45) is 0 Å². The Hall–Kier alpha value is -2.68. The molecule has 0 aliphatic heterocycles. The third-order valence-electron chi connectivity index (χ3n) is 2.26. The van der Waals surface area contributed by atoms with Crippen molar-refractivity contribution in [1.82, 2.24) is 9.97 Å². The van der Waals surface area contributed by atoms with Crippen LogP contribution in [0.25, 0.3) is 0 Å². The fourth-order valence-electron chi connectivity index (χ4n) is 1.42. The molecule has 1 aromatic carbocycles. The lowest BCUT2D eigenvalue weighted by molar-refractivity contribution is 0.419. The Morgan fingerprint density at radius 1 is 1.42 bits per heavy atom. The highest BCUT2D eigenvalue weighted by Gasteiger charge is 2.11. The first-order valence-corrected chi connectivity index (χ1v) is 5.68. The van der Waals surface area contributed by atoms with Crippen molar-refractivity contribution >= 4 is 5.95 Å². The van der Waals surface area contributed by atoms with Gasteiger partial charge in [0.25, 0.3) is 5.88 Å². The molecule has 0 aliphatic rings. The molecule has 2 aromatic rings. The van der Waals surface area contributed by atoms with E-state index in [1.165, 1.54) is 0 Å². The van der Waals surface area contributed by atoms with Gasteiger partial charge >= 0.3 is 0 Å². The number of aromatic nitrogens is 2. The normalized spacial score (nSPS) is 9.74. The van der Waals surface area contributed by atoms with E-state index in [0.29, 0.717) is 12.1 Å². The van der Waals surface area contributed by atoms with Gasteiger partial charge in [0.15, 0.2) is 0 Å². The summed E-state index contributed by atoms with van der Waals surface area (Å²) in [7, 11) is 0. The van der Waals surface area contributed by atoms with Crippen molar-refractivity contribution in [3.05, 3.63) is 41.8 Å². The minimum atomic E-state index is -0.686. The first-order valence-electron chi connectivity index (χ1n) is 5.68. The Balaban J connectivity index is 2.32. The SMILES string of the molecule is CCNc1ncc(F)c(Oc2ccccc2C#N)n1. The maximum Gasteiger partial charge on any atom is 0.260 e. The second kappa shape index (κ2) is 5.78. The van der Waals surface area contributed by atoms with E-state index in [1.54, 1.807) is 24.3 Å². The third-order valence-corrected chi connectivity index (χ3v) is 2.26. The molecular formula is C13H11FN4O. The minimum Gasteiger partial charge on any atom is -0.435 e. The number of hydrogen-bond acceptors (Lipinski definition) is 5. The molecule has 0 spiro atoms. The monoisotopic (exact) mass is 258 g/mol. The van der Waals surface area contributed by atoms with Gasteiger partial charge in [0.05, 0.1) is 11.8 Å². The number of nitrogens with zero attached hydrogens (tertiary/aromatic N) is 3. The highest BCUT2D eigenvalue weighted by atomic mass is 19.1. The number of ether oxygens (including phenoxy) is 1. The van der Waals surface area contributed by atoms with Gasteiger partial charge in [-0.05, 0) is 19.1 Å². The fourth-order valence-corrected chi connectivity index (χ4v) is 1.42. The number of rotatable bonds is 4. The molecule has 0 amide bonds. The van der Waals surface area contributed by atoms with Crippen molar-refractivity contribution in [2.45, 2.75) is 6.92 Å². The second-order valence-electron chi connectivity index (χ2n) is 3.59. The van der Waals surface area contributed by atoms with Crippen LogP contribution in [0.2, 0.25) is 0 Å². The van der Waals surface area contributed by atoms with E-state index < -0.39 is 5.82 Å². The second-order valence-corrected chi connectivity index (χ2v) is 3.59. The molecule has 96 valence electrons. The summed E-state index contributed by atoms with van der Waals surface area (Å²) in [6.07, 6.45) is 1.02. The molecular weight excluding hydrogens is 247 g/mol. The van der Waals surface area contributed by atoms with Crippen LogP contribution < -0.4 is 10.1 Å². The van der Waals surface area contributed by atoms with Gasteiger partial charge in [-0.15, -0.1) is 0 Å². The minimum absolute atomic E-state index is 0.214. The van der Waals surface area contributed by atoms with Gasteiger partial charge in [-0.2, -0.15) is 14.6 Å². The number of anilines is 1. The molecule has 0 saturated heterocycles. The smallest absolute Gasteiger partial charge is 0.260 e. The first-order chi connectivity index (χ1) is 9.24. The molecule has 0 unspecified atom stereocenters. The summed E-state index contributed by atoms with van der Waals surface area (Å²) in [5.41, 5.74) is 0.311. The van der Waals surface area contributed by atoms with Crippen molar-refractivity contribution in [3.63, 3.8) is 0 Å². The molecule has 0 saturated carbocycles. The van der Waals surface area contributed by atoms with E-state index in [4.69, 9.17) is 10.00 Å². The van der Waals surface area contributed by atoms with Crippen LogP contribution in [-0.2, 0) is 0 Å². The predicted molar refractivity (Wildman–Crippen MR) is 67.4 cm³/mol. The van der Waals surface area contributed by atoms with E-state index in [9.17, 15) is 4.39 Å². The van der Waals surface area contributed by atoms with Gasteiger partial charge < -0.3 is 10.1 Å². The maximum absolute atomic E-state index is 13.6. The van der Waals surface area contributed by atoms with Crippen LogP contribution in [-0.4, -0.2) is 16.5 Å². The Morgan fingerprint density at radius 3 is 2.95 bits per heavy atom. The summed E-state index contributed by atoms with van der Waals surface area (Å²) in [4.78, 5) is 7.67. The van der Waals surface area contributed by atoms with E-state index in [2.05, 4.69) is 15.3 Å². The van der Waals surface area contributed by atoms with E-state index >= 15 is 0 Å². The zero-order valence-corrected chi connectivity index (χ0v) is 10.2. The largest absolute Gasteiger partial charge is 0.435 e. The molecule has 1 N–H and O–H groups in total. The van der Waals surface area contributed by atoms with Gasteiger partial charge in [-0.25, -0.2) is 4.98 Å². The van der Waals surface area contributed by atoms with Crippen LogP contribution in [0, 0.1) is 17.1 Å². The summed E-state index contributed by atoms with van der Waals surface area (Å²) in [6, 6.07) is 8.52. The number of nitrogens with one attached hydrogen (secondary N) is 1. The zero-order valence-electron chi connectivity index (χ0n) is 10.2. The zero-order chi connectivity index (χ0) is 13.7. The van der Waals surface area contributed by atoms with Crippen LogP contribution in [0.3, 0.4) is 0 Å². The van der Waals surface area contributed by atoms with Crippen molar-refractivity contribution in [2.75, 3.05) is 11.9 Å². The standard InChI is InChI=1S/C13H11FN4O/c1-2-16-13-17-8-10(14)12(18-13)19-11-6-4-3-5-9(11)7-15/h3-6,8H,2H2,1H3,(H,16,17,18). The van der Waals surface area contributed by atoms with E-state index in [1.807, 2.05) is 13.0 Å². The Morgan fingerprint density at radius 2 is 2.21 bits per heavy atom. The third kappa shape index (κ3) is 2.96. The molecule has 1 heterocycles. The molecule has 0 aliphatic carbocycles. The van der Waals surface area contributed by atoms with Gasteiger partial charge in [-0.3, -0.25) is 0 Å². The average Bonchev–Trinajstić information content (AvgIpc) is 2.43. The number of nitriles is 1. The molecule has 6 heteroatoms. The van der Waals surface area contributed by atoms with Crippen LogP contribution in [0.4, 0.5) is 10.3 Å². The summed E-state index contributed by atoms with van der Waals surface area (Å²) in [5.74, 6) is -0.374. The van der Waals surface area contributed by atoms with E-state index in [0.717, 1.165) is 6.20 Å². The Bertz CT molecular complexity index is 624. The number of hydrogen-bond donors (Lipinski definition) is 1. The summed E-state index contributed by atoms with van der Waals surface area (Å²) < 4.78 is 18.9. The summed E-state index contributed by atoms with van der Waals surface area (Å²) in [6.45, 7) is 2.48. The topological polar surface area (TPSA) is 70.8 Å². The number of benzene rings is 1. The molecule has 0 fully saturated rings. The molecule has 5 nitrogen and oxygen atoms in total. The average molecular weight is 258 g/mol. The fraction of sp³-hybridized carbons (Fsp3) is 0.154. The Kier molecular flexibility index (Phi) is 3.88. The van der Waals surface area contributed by atoms with Crippen LogP contribution in [0.5, 0.6) is 11.6 Å². The quantitative estimate of drug-likeness (QED) is 0.912. The molecule has 2 rings (SSSR count). The van der Waals surface area contributed by atoms with Gasteiger partial charge in [0.2, 0.25) is 11.8 Å². The lowest BCUT2D eigenvalue weighted by atomic mass is 10.2. The predicted octanol–water partition coefficient (Wildman–Crippen LogP) is 2.71.